The van der Waals surface area contributed by atoms with Gasteiger partial charge in [0.15, 0.2) is 5.58 Å². The van der Waals surface area contributed by atoms with Gasteiger partial charge in [0.05, 0.1) is 22.6 Å². The van der Waals surface area contributed by atoms with Crippen molar-refractivity contribution in [3.63, 3.8) is 0 Å². The summed E-state index contributed by atoms with van der Waals surface area (Å²) in [5, 5.41) is 4.66. The first kappa shape index (κ1) is 33.0. The fraction of sp³-hybridized carbons (Fsp3) is 0.0377. The first-order chi connectivity index (χ1) is 28.3. The molecule has 10 aromatic rings. The van der Waals surface area contributed by atoms with Crippen molar-refractivity contribution in [2.24, 2.45) is 0 Å². The topological polar surface area (TPSA) is 34.2 Å². The molecule has 0 radical (unpaired) electrons. The first-order valence-corrected chi connectivity index (χ1v) is 19.6. The van der Waals surface area contributed by atoms with Crippen LogP contribution >= 0.6 is 0 Å². The second-order valence-electron chi connectivity index (χ2n) is 14.7. The SMILES string of the molecule is C1=CCC(c2nc3ccc4ccc(-c5ccc(N(c6ccccc6)c6ccc7c8ccccc8n(-c8ccccc8)c7c6)c(-c6ccccc6)c5)cc4c3o2)C=C1. The Kier molecular flexibility index (Phi) is 7.92. The molecule has 0 saturated carbocycles. The number of aromatic nitrogens is 2. The molecule has 4 heteroatoms. The lowest BCUT2D eigenvalue weighted by Crippen LogP contribution is -2.11. The maximum absolute atomic E-state index is 6.53. The van der Waals surface area contributed by atoms with Gasteiger partial charge in [-0.2, -0.15) is 0 Å². The van der Waals surface area contributed by atoms with Crippen molar-refractivity contribution >= 4 is 60.7 Å². The van der Waals surface area contributed by atoms with Crippen LogP contribution in [-0.4, -0.2) is 9.55 Å². The van der Waals surface area contributed by atoms with Crippen molar-refractivity contribution in [2.45, 2.75) is 12.3 Å². The molecule has 11 rings (SSSR count). The van der Waals surface area contributed by atoms with Crippen LogP contribution in [0.3, 0.4) is 0 Å². The summed E-state index contributed by atoms with van der Waals surface area (Å²) < 4.78 is 8.92. The lowest BCUT2D eigenvalue weighted by Gasteiger charge is -2.28. The second kappa shape index (κ2) is 13.7. The van der Waals surface area contributed by atoms with E-state index in [1.165, 1.54) is 16.3 Å². The van der Waals surface area contributed by atoms with Crippen molar-refractivity contribution in [2.75, 3.05) is 4.90 Å². The molecule has 0 fully saturated rings. The van der Waals surface area contributed by atoms with Crippen LogP contribution in [0.25, 0.3) is 71.6 Å². The summed E-state index contributed by atoms with van der Waals surface area (Å²) >= 11 is 0. The van der Waals surface area contributed by atoms with E-state index in [0.29, 0.717) is 0 Å². The lowest BCUT2D eigenvalue weighted by atomic mass is 9.95. The Labute approximate surface area is 330 Å². The van der Waals surface area contributed by atoms with Gasteiger partial charge in [-0.15, -0.1) is 0 Å². The van der Waals surface area contributed by atoms with Crippen LogP contribution in [0.15, 0.2) is 211 Å². The third-order valence-corrected chi connectivity index (χ3v) is 11.3. The quantitative estimate of drug-likeness (QED) is 0.164. The van der Waals surface area contributed by atoms with Crippen LogP contribution in [0, 0.1) is 0 Å². The number of rotatable bonds is 7. The molecule has 4 nitrogen and oxygen atoms in total. The van der Waals surface area contributed by atoms with E-state index in [9.17, 15) is 0 Å². The Balaban J connectivity index is 1.10. The molecule has 1 unspecified atom stereocenters. The average Bonchev–Trinajstić information content (AvgIpc) is 3.88. The average molecular weight is 732 g/mol. The Morgan fingerprint density at radius 1 is 0.544 bits per heavy atom. The zero-order valence-electron chi connectivity index (χ0n) is 31.2. The summed E-state index contributed by atoms with van der Waals surface area (Å²) in [6, 6.07) is 65.4. The smallest absolute Gasteiger partial charge is 0.202 e. The molecule has 1 aliphatic rings. The summed E-state index contributed by atoms with van der Waals surface area (Å²) in [6.07, 6.45) is 9.40. The van der Waals surface area contributed by atoms with Crippen molar-refractivity contribution in [1.82, 2.24) is 9.55 Å². The van der Waals surface area contributed by atoms with Crippen molar-refractivity contribution in [1.29, 1.82) is 0 Å². The van der Waals surface area contributed by atoms with E-state index in [4.69, 9.17) is 9.40 Å². The Hall–Kier alpha value is -7.43. The van der Waals surface area contributed by atoms with E-state index in [2.05, 4.69) is 216 Å². The number of oxazole rings is 1. The van der Waals surface area contributed by atoms with Gasteiger partial charge in [-0.3, -0.25) is 0 Å². The molecular weight excluding hydrogens is 695 g/mol. The van der Waals surface area contributed by atoms with Crippen molar-refractivity contribution in [3.8, 4) is 27.9 Å². The van der Waals surface area contributed by atoms with E-state index >= 15 is 0 Å². The zero-order chi connectivity index (χ0) is 37.7. The predicted molar refractivity (Wildman–Crippen MR) is 237 cm³/mol. The maximum Gasteiger partial charge on any atom is 0.202 e. The zero-order valence-corrected chi connectivity index (χ0v) is 31.2. The third kappa shape index (κ3) is 5.73. The monoisotopic (exact) mass is 731 g/mol. The molecule has 0 bridgehead atoms. The number of benzene rings is 8. The summed E-state index contributed by atoms with van der Waals surface area (Å²) in [5.41, 5.74) is 13.0. The number of nitrogens with zero attached hydrogens (tertiary/aromatic N) is 3. The Bertz CT molecular complexity index is 3160. The minimum absolute atomic E-state index is 0.150. The number of hydrogen-bond acceptors (Lipinski definition) is 3. The standard InChI is InChI=1S/C53H37N3O/c1-5-15-36(16-6-1)46-33-40(39-26-25-37-27-31-48-52(47(37)34-39)57-53(54-48)38-17-7-2-8-18-38)28-32-50(46)55(41-19-9-3-10-20-41)43-29-30-45-44-23-13-14-24-49(44)56(51(45)35-43)42-21-11-4-12-22-42/h1-17,19-35,38H,18H2. The van der Waals surface area contributed by atoms with E-state index in [1.807, 2.05) is 0 Å². The van der Waals surface area contributed by atoms with Crippen LogP contribution in [0.4, 0.5) is 17.1 Å². The molecule has 0 spiro atoms. The largest absolute Gasteiger partial charge is 0.439 e. The fourth-order valence-corrected chi connectivity index (χ4v) is 8.54. The van der Waals surface area contributed by atoms with Gasteiger partial charge >= 0.3 is 0 Å². The van der Waals surface area contributed by atoms with Gasteiger partial charge in [0, 0.05) is 38.8 Å². The molecule has 1 atom stereocenters. The molecule has 57 heavy (non-hydrogen) atoms. The summed E-state index contributed by atoms with van der Waals surface area (Å²) in [7, 11) is 0. The van der Waals surface area contributed by atoms with Crippen molar-refractivity contribution in [3.05, 3.63) is 212 Å². The summed E-state index contributed by atoms with van der Waals surface area (Å²) in [5.74, 6) is 0.916. The van der Waals surface area contributed by atoms with Gasteiger partial charge < -0.3 is 13.9 Å². The molecule has 8 aromatic carbocycles. The normalized spacial score (nSPS) is 13.9. The summed E-state index contributed by atoms with van der Waals surface area (Å²) in [6.45, 7) is 0. The minimum Gasteiger partial charge on any atom is -0.439 e. The van der Waals surface area contributed by atoms with Gasteiger partial charge in [-0.05, 0) is 95.2 Å². The molecule has 0 aliphatic heterocycles. The lowest BCUT2D eigenvalue weighted by molar-refractivity contribution is 0.507. The molecule has 2 heterocycles. The molecule has 0 saturated heterocycles. The van der Waals surface area contributed by atoms with Gasteiger partial charge in [-0.25, -0.2) is 4.98 Å². The van der Waals surface area contributed by atoms with Crippen LogP contribution < -0.4 is 4.90 Å². The van der Waals surface area contributed by atoms with E-state index in [0.717, 1.165) is 84.7 Å². The molecule has 0 amide bonds. The second-order valence-corrected chi connectivity index (χ2v) is 14.7. The minimum atomic E-state index is 0.150. The van der Waals surface area contributed by atoms with E-state index in [1.54, 1.807) is 0 Å². The third-order valence-electron chi connectivity index (χ3n) is 11.3. The number of fused-ring (bicyclic) bond motifs is 6. The Morgan fingerprint density at radius 3 is 2.09 bits per heavy atom. The van der Waals surface area contributed by atoms with Crippen LogP contribution in [0.2, 0.25) is 0 Å². The first-order valence-electron chi connectivity index (χ1n) is 19.6. The molecular formula is C53H37N3O. The highest BCUT2D eigenvalue weighted by Crippen LogP contribution is 2.45. The van der Waals surface area contributed by atoms with Gasteiger partial charge in [0.25, 0.3) is 0 Å². The van der Waals surface area contributed by atoms with Crippen molar-refractivity contribution < 1.29 is 4.42 Å². The maximum atomic E-state index is 6.53. The molecule has 270 valence electrons. The van der Waals surface area contributed by atoms with Gasteiger partial charge in [-0.1, -0.05) is 140 Å². The van der Waals surface area contributed by atoms with Gasteiger partial charge in [0.1, 0.15) is 5.52 Å². The highest BCUT2D eigenvalue weighted by atomic mass is 16.3. The predicted octanol–water partition coefficient (Wildman–Crippen LogP) is 14.5. The van der Waals surface area contributed by atoms with Gasteiger partial charge in [0.2, 0.25) is 5.89 Å². The number of hydrogen-bond donors (Lipinski definition) is 0. The van der Waals surface area contributed by atoms with Crippen LogP contribution in [0.1, 0.15) is 18.2 Å². The van der Waals surface area contributed by atoms with E-state index in [-0.39, 0.29) is 5.92 Å². The number of anilines is 3. The number of para-hydroxylation sites is 3. The highest BCUT2D eigenvalue weighted by Gasteiger charge is 2.22. The Morgan fingerprint density at radius 2 is 1.26 bits per heavy atom. The van der Waals surface area contributed by atoms with Crippen LogP contribution in [-0.2, 0) is 0 Å². The van der Waals surface area contributed by atoms with E-state index < -0.39 is 0 Å². The highest BCUT2D eigenvalue weighted by molar-refractivity contribution is 6.11. The van der Waals surface area contributed by atoms with Crippen LogP contribution in [0.5, 0.6) is 0 Å². The fourth-order valence-electron chi connectivity index (χ4n) is 8.54. The molecule has 0 N–H and O–H groups in total. The summed E-state index contributed by atoms with van der Waals surface area (Å²) in [4.78, 5) is 7.32. The molecule has 2 aromatic heterocycles. The molecule has 1 aliphatic carbocycles. The number of allylic oxidation sites excluding steroid dienone is 4.